The van der Waals surface area contributed by atoms with E-state index in [1.54, 1.807) is 17.5 Å². The Morgan fingerprint density at radius 2 is 2.07 bits per heavy atom. The molecule has 27 heavy (non-hydrogen) atoms. The minimum Gasteiger partial charge on any atom is -0.502 e. The van der Waals surface area contributed by atoms with E-state index < -0.39 is 40.2 Å². The second kappa shape index (κ2) is 7.21. The average Bonchev–Trinajstić information content (AvgIpc) is 3.17. The van der Waals surface area contributed by atoms with E-state index in [1.807, 2.05) is 0 Å². The van der Waals surface area contributed by atoms with Gasteiger partial charge in [0.15, 0.2) is 11.4 Å². The van der Waals surface area contributed by atoms with E-state index >= 15 is 0 Å². The highest BCUT2D eigenvalue weighted by Crippen LogP contribution is 2.23. The molecule has 0 atom stereocenters. The number of thiophene rings is 1. The van der Waals surface area contributed by atoms with Crippen LogP contribution in [0.15, 0.2) is 28.5 Å². The topological polar surface area (TPSA) is 129 Å². The molecule has 0 saturated heterocycles. The molecule has 142 valence electrons. The van der Waals surface area contributed by atoms with Gasteiger partial charge in [0.05, 0.1) is 11.5 Å². The molecule has 0 aromatic carbocycles. The number of carboxylic acids is 1. The summed E-state index contributed by atoms with van der Waals surface area (Å²) in [7, 11) is 1.44. The van der Waals surface area contributed by atoms with Crippen LogP contribution in [0.5, 0.6) is 5.75 Å². The second-order valence-electron chi connectivity index (χ2n) is 5.60. The SMILES string of the molecule is COCCN1CN(C(=O)c2cccs2)n2cc(C(=O)O)c(=O)c(O)c2C1=O. The first-order valence-corrected chi connectivity index (χ1v) is 8.60. The summed E-state index contributed by atoms with van der Waals surface area (Å²) in [4.78, 5) is 50.6. The van der Waals surface area contributed by atoms with Crippen molar-refractivity contribution >= 4 is 29.1 Å². The third-order valence-electron chi connectivity index (χ3n) is 3.98. The number of aromatic carboxylic acids is 1. The summed E-state index contributed by atoms with van der Waals surface area (Å²) in [6, 6.07) is 3.24. The van der Waals surface area contributed by atoms with Crippen LogP contribution in [0.4, 0.5) is 0 Å². The number of fused-ring (bicyclic) bond motifs is 1. The Balaban J connectivity index is 2.19. The van der Waals surface area contributed by atoms with E-state index in [0.717, 1.165) is 27.2 Å². The van der Waals surface area contributed by atoms with Gasteiger partial charge >= 0.3 is 5.97 Å². The molecule has 11 heteroatoms. The Hall–Kier alpha value is -3.18. The molecule has 0 radical (unpaired) electrons. The lowest BCUT2D eigenvalue weighted by molar-refractivity contribution is 0.0597. The maximum atomic E-state index is 12.9. The van der Waals surface area contributed by atoms with Crippen molar-refractivity contribution in [1.82, 2.24) is 9.58 Å². The van der Waals surface area contributed by atoms with Crippen LogP contribution in [0.2, 0.25) is 0 Å². The number of amides is 2. The number of nitrogens with zero attached hydrogens (tertiary/aromatic N) is 3. The normalized spacial score (nSPS) is 13.6. The molecule has 1 aliphatic rings. The zero-order chi connectivity index (χ0) is 19.7. The van der Waals surface area contributed by atoms with Crippen LogP contribution < -0.4 is 10.4 Å². The quantitative estimate of drug-likeness (QED) is 0.740. The van der Waals surface area contributed by atoms with Crippen molar-refractivity contribution in [2.24, 2.45) is 0 Å². The molecule has 0 unspecified atom stereocenters. The Morgan fingerprint density at radius 3 is 2.67 bits per heavy atom. The molecule has 2 aromatic rings. The minimum absolute atomic E-state index is 0.109. The van der Waals surface area contributed by atoms with Gasteiger partial charge in [-0.3, -0.25) is 14.4 Å². The number of methoxy groups -OCH3 is 1. The number of carboxylic acid groups (broad SMARTS) is 1. The Kier molecular flexibility index (Phi) is 4.97. The fourth-order valence-corrected chi connectivity index (χ4v) is 3.31. The van der Waals surface area contributed by atoms with E-state index in [0.29, 0.717) is 4.88 Å². The van der Waals surface area contributed by atoms with Gasteiger partial charge in [0.2, 0.25) is 5.43 Å². The van der Waals surface area contributed by atoms with E-state index in [1.165, 1.54) is 12.0 Å². The lowest BCUT2D eigenvalue weighted by Crippen LogP contribution is -2.57. The lowest BCUT2D eigenvalue weighted by atomic mass is 10.2. The Bertz CT molecular complexity index is 967. The summed E-state index contributed by atoms with van der Waals surface area (Å²) in [5.41, 5.74) is -2.42. The summed E-state index contributed by atoms with van der Waals surface area (Å²) in [6.07, 6.45) is 0.872. The number of aromatic nitrogens is 1. The first-order chi connectivity index (χ1) is 12.9. The first kappa shape index (κ1) is 18.6. The molecule has 1 aliphatic heterocycles. The molecule has 2 aromatic heterocycles. The smallest absolute Gasteiger partial charge is 0.341 e. The predicted octanol–water partition coefficient (Wildman–Crippen LogP) is 0.152. The number of carbonyl (C=O) groups excluding carboxylic acids is 2. The maximum Gasteiger partial charge on any atom is 0.341 e. The van der Waals surface area contributed by atoms with Gasteiger partial charge in [0, 0.05) is 19.9 Å². The van der Waals surface area contributed by atoms with Crippen LogP contribution >= 0.6 is 11.3 Å². The van der Waals surface area contributed by atoms with Crippen LogP contribution in [0.1, 0.15) is 30.5 Å². The summed E-state index contributed by atoms with van der Waals surface area (Å²) in [6.45, 7) is 0.0795. The second-order valence-corrected chi connectivity index (χ2v) is 6.55. The molecular formula is C16H15N3O7S. The molecule has 0 saturated carbocycles. The highest BCUT2D eigenvalue weighted by atomic mass is 32.1. The van der Waals surface area contributed by atoms with E-state index in [9.17, 15) is 29.4 Å². The predicted molar refractivity (Wildman–Crippen MR) is 94.0 cm³/mol. The molecule has 2 amide bonds. The largest absolute Gasteiger partial charge is 0.502 e. The number of hydrogen-bond acceptors (Lipinski definition) is 7. The summed E-state index contributed by atoms with van der Waals surface area (Å²) < 4.78 is 5.87. The van der Waals surface area contributed by atoms with Gasteiger partial charge in [-0.2, -0.15) is 0 Å². The third kappa shape index (κ3) is 3.17. The number of rotatable bonds is 5. The molecule has 10 nitrogen and oxygen atoms in total. The lowest BCUT2D eigenvalue weighted by Gasteiger charge is -2.38. The number of aromatic hydroxyl groups is 1. The highest BCUT2D eigenvalue weighted by molar-refractivity contribution is 7.12. The molecule has 0 aliphatic carbocycles. The molecule has 0 spiro atoms. The zero-order valence-corrected chi connectivity index (χ0v) is 14.9. The summed E-state index contributed by atoms with van der Waals surface area (Å²) in [5, 5.41) is 22.2. The number of hydrogen-bond donors (Lipinski definition) is 2. The van der Waals surface area contributed by atoms with Crippen molar-refractivity contribution in [3.63, 3.8) is 0 Å². The van der Waals surface area contributed by atoms with Crippen molar-refractivity contribution in [3.05, 3.63) is 50.1 Å². The van der Waals surface area contributed by atoms with Crippen LogP contribution in [0.3, 0.4) is 0 Å². The van der Waals surface area contributed by atoms with E-state index in [2.05, 4.69) is 0 Å². The highest BCUT2D eigenvalue weighted by Gasteiger charge is 2.37. The molecule has 3 heterocycles. The van der Waals surface area contributed by atoms with Gasteiger partial charge in [0.25, 0.3) is 11.8 Å². The van der Waals surface area contributed by atoms with Crippen molar-refractivity contribution in [2.45, 2.75) is 0 Å². The molecule has 2 N–H and O–H groups in total. The first-order valence-electron chi connectivity index (χ1n) is 7.72. The van der Waals surface area contributed by atoms with Gasteiger partial charge in [-0.25, -0.2) is 14.5 Å². The van der Waals surface area contributed by atoms with Crippen molar-refractivity contribution in [1.29, 1.82) is 0 Å². The molecule has 3 rings (SSSR count). The summed E-state index contributed by atoms with van der Waals surface area (Å²) in [5.74, 6) is -3.83. The maximum absolute atomic E-state index is 12.9. The van der Waals surface area contributed by atoms with Crippen molar-refractivity contribution < 1.29 is 29.3 Å². The van der Waals surface area contributed by atoms with E-state index in [-0.39, 0.29) is 19.8 Å². The zero-order valence-electron chi connectivity index (χ0n) is 14.1. The van der Waals surface area contributed by atoms with Crippen LogP contribution in [0.25, 0.3) is 0 Å². The van der Waals surface area contributed by atoms with Gasteiger partial charge in [-0.15, -0.1) is 11.3 Å². The Labute approximate surface area is 156 Å². The van der Waals surface area contributed by atoms with Crippen LogP contribution in [0, 0.1) is 0 Å². The summed E-state index contributed by atoms with van der Waals surface area (Å²) >= 11 is 1.16. The van der Waals surface area contributed by atoms with Crippen molar-refractivity contribution in [2.75, 3.05) is 31.9 Å². The van der Waals surface area contributed by atoms with Gasteiger partial charge in [0.1, 0.15) is 12.2 Å². The van der Waals surface area contributed by atoms with Crippen LogP contribution in [-0.2, 0) is 4.74 Å². The molecule has 0 bridgehead atoms. The monoisotopic (exact) mass is 393 g/mol. The standard InChI is InChI=1S/C16H15N3O7S/c1-26-5-4-17-8-19(14(22)10-3-2-6-27-10)18-7-9(16(24)25)12(20)13(21)11(18)15(17)23/h2-3,6-7,21H,4-5,8H2,1H3,(H,24,25). The Morgan fingerprint density at radius 1 is 1.33 bits per heavy atom. The minimum atomic E-state index is -1.58. The fraction of sp³-hybridized carbons (Fsp3) is 0.250. The van der Waals surface area contributed by atoms with E-state index in [4.69, 9.17) is 4.74 Å². The van der Waals surface area contributed by atoms with Crippen LogP contribution in [-0.4, -0.2) is 64.5 Å². The molecule has 0 fully saturated rings. The number of ether oxygens (including phenoxy) is 1. The third-order valence-corrected chi connectivity index (χ3v) is 4.84. The van der Waals surface area contributed by atoms with Gasteiger partial charge in [-0.05, 0) is 11.4 Å². The molecular weight excluding hydrogens is 378 g/mol. The fourth-order valence-electron chi connectivity index (χ4n) is 2.64. The average molecular weight is 393 g/mol. The number of pyridine rings is 1. The van der Waals surface area contributed by atoms with Gasteiger partial charge < -0.3 is 19.8 Å². The van der Waals surface area contributed by atoms with Gasteiger partial charge in [-0.1, -0.05) is 6.07 Å². The van der Waals surface area contributed by atoms with Crippen molar-refractivity contribution in [3.8, 4) is 5.75 Å². The number of carbonyl (C=O) groups is 3.